The predicted molar refractivity (Wildman–Crippen MR) is 105 cm³/mol. The van der Waals surface area contributed by atoms with Gasteiger partial charge in [-0.3, -0.25) is 4.79 Å². The van der Waals surface area contributed by atoms with Gasteiger partial charge in [0.25, 0.3) is 0 Å². The predicted octanol–water partition coefficient (Wildman–Crippen LogP) is 4.87. The number of thioether (sulfide) groups is 1. The van der Waals surface area contributed by atoms with Crippen molar-refractivity contribution < 1.29 is 4.79 Å². The van der Waals surface area contributed by atoms with Crippen molar-refractivity contribution in [2.45, 2.75) is 31.2 Å². The minimum Gasteiger partial charge on any atom is -0.325 e. The van der Waals surface area contributed by atoms with Gasteiger partial charge in [0.05, 0.1) is 5.75 Å². The normalized spacial score (nSPS) is 13.2. The van der Waals surface area contributed by atoms with Crippen LogP contribution in [0.25, 0.3) is 10.2 Å². The molecular formula is C18H16ClN3OS2. The van der Waals surface area contributed by atoms with Crippen LogP contribution in [-0.4, -0.2) is 21.6 Å². The number of hydrogen-bond donors (Lipinski definition) is 1. The number of amides is 1. The Labute approximate surface area is 159 Å². The van der Waals surface area contributed by atoms with Gasteiger partial charge in [-0.2, -0.15) is 0 Å². The third-order valence-electron chi connectivity index (χ3n) is 4.28. The molecule has 0 unspecified atom stereocenters. The Hall–Kier alpha value is -1.63. The summed E-state index contributed by atoms with van der Waals surface area (Å²) in [6.45, 7) is 1.95. The van der Waals surface area contributed by atoms with Crippen LogP contribution in [0.5, 0.6) is 0 Å². The quantitative estimate of drug-likeness (QED) is 0.510. The highest BCUT2D eigenvalue weighted by atomic mass is 35.5. The molecule has 1 aromatic carbocycles. The molecule has 2 aromatic heterocycles. The molecule has 1 amide bonds. The molecule has 0 saturated heterocycles. The zero-order chi connectivity index (χ0) is 17.4. The summed E-state index contributed by atoms with van der Waals surface area (Å²) in [6, 6.07) is 5.48. The van der Waals surface area contributed by atoms with E-state index in [2.05, 4.69) is 15.3 Å². The van der Waals surface area contributed by atoms with E-state index in [4.69, 9.17) is 11.6 Å². The van der Waals surface area contributed by atoms with Crippen molar-refractivity contribution in [3.8, 4) is 0 Å². The number of benzene rings is 1. The number of hydrogen-bond acceptors (Lipinski definition) is 5. The van der Waals surface area contributed by atoms with Crippen LogP contribution in [0.4, 0.5) is 5.69 Å². The third-order valence-corrected chi connectivity index (χ3v) is 6.70. The number of aromatic nitrogens is 2. The topological polar surface area (TPSA) is 54.9 Å². The van der Waals surface area contributed by atoms with Gasteiger partial charge in [-0.15, -0.1) is 11.3 Å². The third kappa shape index (κ3) is 3.38. The highest BCUT2D eigenvalue weighted by molar-refractivity contribution is 8.00. The average molecular weight is 390 g/mol. The number of halogens is 1. The van der Waals surface area contributed by atoms with Crippen LogP contribution in [0.1, 0.15) is 22.4 Å². The van der Waals surface area contributed by atoms with E-state index < -0.39 is 0 Å². The van der Waals surface area contributed by atoms with Crippen LogP contribution in [0, 0.1) is 6.92 Å². The fourth-order valence-corrected chi connectivity index (χ4v) is 5.35. The van der Waals surface area contributed by atoms with E-state index in [9.17, 15) is 4.79 Å². The van der Waals surface area contributed by atoms with Crippen molar-refractivity contribution in [2.24, 2.45) is 0 Å². The molecule has 4 nitrogen and oxygen atoms in total. The number of carbonyl (C=O) groups is 1. The molecule has 2 heterocycles. The largest absolute Gasteiger partial charge is 0.325 e. The van der Waals surface area contributed by atoms with Crippen molar-refractivity contribution in [1.82, 2.24) is 9.97 Å². The molecular weight excluding hydrogens is 374 g/mol. The van der Waals surface area contributed by atoms with Crippen molar-refractivity contribution in [3.63, 3.8) is 0 Å². The summed E-state index contributed by atoms with van der Waals surface area (Å²) in [5.74, 6) is 0.247. The Morgan fingerprint density at radius 3 is 3.12 bits per heavy atom. The second-order valence-corrected chi connectivity index (χ2v) is 8.50. The molecule has 7 heteroatoms. The zero-order valence-electron chi connectivity index (χ0n) is 13.6. The number of rotatable bonds is 4. The molecule has 4 rings (SSSR count). The van der Waals surface area contributed by atoms with Gasteiger partial charge in [0, 0.05) is 21.0 Å². The molecule has 0 saturated carbocycles. The summed E-state index contributed by atoms with van der Waals surface area (Å²) in [5.41, 5.74) is 3.12. The Kier molecular flexibility index (Phi) is 4.67. The van der Waals surface area contributed by atoms with E-state index in [-0.39, 0.29) is 5.91 Å². The minimum absolute atomic E-state index is 0.0611. The molecule has 1 N–H and O–H groups in total. The van der Waals surface area contributed by atoms with Crippen LogP contribution < -0.4 is 5.32 Å². The van der Waals surface area contributed by atoms with Gasteiger partial charge < -0.3 is 5.32 Å². The maximum atomic E-state index is 12.3. The van der Waals surface area contributed by atoms with Crippen LogP contribution in [0.2, 0.25) is 5.02 Å². The SMILES string of the molecule is Cc1ccc(Cl)cc1NC(=O)CSc1ncnc2sc3c(c12)CCC3. The number of aryl methyl sites for hydroxylation is 3. The second kappa shape index (κ2) is 6.94. The summed E-state index contributed by atoms with van der Waals surface area (Å²) in [4.78, 5) is 23.6. The Bertz CT molecular complexity index is 970. The standard InChI is InChI=1S/C18H16ClN3OS2/c1-10-5-6-11(19)7-13(10)22-15(23)8-24-17-16-12-3-2-4-14(12)25-18(16)21-9-20-17/h5-7,9H,2-4,8H2,1H3,(H,22,23). The lowest BCUT2D eigenvalue weighted by molar-refractivity contribution is -0.113. The van der Waals surface area contributed by atoms with E-state index in [0.717, 1.165) is 39.3 Å². The average Bonchev–Trinajstić information content (AvgIpc) is 3.17. The molecule has 0 spiro atoms. The lowest BCUT2D eigenvalue weighted by Crippen LogP contribution is -2.15. The Morgan fingerprint density at radius 1 is 1.36 bits per heavy atom. The molecule has 0 bridgehead atoms. The highest BCUT2D eigenvalue weighted by Gasteiger charge is 2.21. The number of thiophene rings is 1. The van der Waals surface area contributed by atoms with Gasteiger partial charge in [0.15, 0.2) is 0 Å². The van der Waals surface area contributed by atoms with Crippen LogP contribution >= 0.6 is 34.7 Å². The Morgan fingerprint density at radius 2 is 2.24 bits per heavy atom. The number of nitrogens with zero attached hydrogens (tertiary/aromatic N) is 2. The molecule has 0 fully saturated rings. The van der Waals surface area contributed by atoms with Gasteiger partial charge in [0.1, 0.15) is 16.2 Å². The first-order valence-electron chi connectivity index (χ1n) is 8.06. The minimum atomic E-state index is -0.0611. The second-order valence-electron chi connectivity index (χ2n) is 6.01. The monoisotopic (exact) mass is 389 g/mol. The maximum absolute atomic E-state index is 12.3. The first kappa shape index (κ1) is 16.8. The van der Waals surface area contributed by atoms with Crippen molar-refractivity contribution in [2.75, 3.05) is 11.1 Å². The van der Waals surface area contributed by atoms with Crippen LogP contribution in [-0.2, 0) is 17.6 Å². The summed E-state index contributed by atoms with van der Waals surface area (Å²) < 4.78 is 0. The van der Waals surface area contributed by atoms with E-state index in [1.54, 1.807) is 23.7 Å². The van der Waals surface area contributed by atoms with Crippen molar-refractivity contribution in [1.29, 1.82) is 0 Å². The molecule has 3 aromatic rings. The van der Waals surface area contributed by atoms with Gasteiger partial charge in [-0.05, 0) is 49.4 Å². The first-order chi connectivity index (χ1) is 12.1. The number of fused-ring (bicyclic) bond motifs is 3. The lowest BCUT2D eigenvalue weighted by atomic mass is 10.2. The molecule has 1 aliphatic carbocycles. The van der Waals surface area contributed by atoms with E-state index >= 15 is 0 Å². The van der Waals surface area contributed by atoms with Gasteiger partial charge in [0.2, 0.25) is 5.91 Å². The maximum Gasteiger partial charge on any atom is 0.234 e. The molecule has 0 aliphatic heterocycles. The molecule has 0 atom stereocenters. The van der Waals surface area contributed by atoms with E-state index in [0.29, 0.717) is 10.8 Å². The summed E-state index contributed by atoms with van der Waals surface area (Å²) in [6.07, 6.45) is 5.01. The smallest absolute Gasteiger partial charge is 0.234 e. The van der Waals surface area contributed by atoms with E-state index in [1.165, 1.54) is 28.6 Å². The van der Waals surface area contributed by atoms with Gasteiger partial charge in [-0.1, -0.05) is 29.4 Å². The van der Waals surface area contributed by atoms with Crippen LogP contribution in [0.3, 0.4) is 0 Å². The Balaban J connectivity index is 1.51. The number of carbonyl (C=O) groups excluding carboxylic acids is 1. The van der Waals surface area contributed by atoms with Gasteiger partial charge in [-0.25, -0.2) is 9.97 Å². The number of anilines is 1. The lowest BCUT2D eigenvalue weighted by Gasteiger charge is -2.09. The van der Waals surface area contributed by atoms with Gasteiger partial charge >= 0.3 is 0 Å². The molecule has 0 radical (unpaired) electrons. The highest BCUT2D eigenvalue weighted by Crippen LogP contribution is 2.40. The molecule has 1 aliphatic rings. The first-order valence-corrected chi connectivity index (χ1v) is 10.2. The molecule has 128 valence electrons. The summed E-state index contributed by atoms with van der Waals surface area (Å²) in [7, 11) is 0. The van der Waals surface area contributed by atoms with Crippen molar-refractivity contribution in [3.05, 3.63) is 45.6 Å². The summed E-state index contributed by atoms with van der Waals surface area (Å²) in [5, 5.41) is 5.60. The molecule has 25 heavy (non-hydrogen) atoms. The van der Waals surface area contributed by atoms with Crippen LogP contribution in [0.15, 0.2) is 29.6 Å². The van der Waals surface area contributed by atoms with E-state index in [1.807, 2.05) is 19.1 Å². The van der Waals surface area contributed by atoms with Crippen molar-refractivity contribution >= 4 is 56.5 Å². The fourth-order valence-electron chi connectivity index (χ4n) is 3.06. The number of nitrogens with one attached hydrogen (secondary N) is 1. The summed E-state index contributed by atoms with van der Waals surface area (Å²) >= 11 is 9.24. The fraction of sp³-hybridized carbons (Fsp3) is 0.278. The zero-order valence-corrected chi connectivity index (χ0v) is 16.0.